The summed E-state index contributed by atoms with van der Waals surface area (Å²) in [5.74, 6) is 0. The normalized spacial score (nSPS) is 17.8. The first-order valence-electron chi connectivity index (χ1n) is 6.55. The lowest BCUT2D eigenvalue weighted by atomic mass is 9.95. The van der Waals surface area contributed by atoms with Gasteiger partial charge in [-0.3, -0.25) is 0 Å². The molecule has 0 unspecified atom stereocenters. The third-order valence-electron chi connectivity index (χ3n) is 3.33. The van der Waals surface area contributed by atoms with Gasteiger partial charge in [0.2, 0.25) is 0 Å². The van der Waals surface area contributed by atoms with E-state index in [2.05, 4.69) is 17.2 Å². The first kappa shape index (κ1) is 12.1. The quantitative estimate of drug-likeness (QED) is 0.852. The Bertz CT molecular complexity index is 303. The minimum atomic E-state index is 0.777. The highest BCUT2D eigenvalue weighted by molar-refractivity contribution is 7.11. The second-order valence-electron chi connectivity index (χ2n) is 4.61. The third kappa shape index (κ3) is 3.56. The smallest absolute Gasteiger partial charge is 0.0940 e. The average Bonchev–Trinajstić information content (AvgIpc) is 2.78. The maximum absolute atomic E-state index is 4.45. The number of hydrogen-bond donors (Lipinski definition) is 1. The maximum Gasteiger partial charge on any atom is 0.0940 e. The van der Waals surface area contributed by atoms with Gasteiger partial charge in [0.15, 0.2) is 0 Å². The number of nitrogens with one attached hydrogen (secondary N) is 1. The van der Waals surface area contributed by atoms with Gasteiger partial charge in [0.1, 0.15) is 0 Å². The molecule has 1 aliphatic rings. The fourth-order valence-corrected chi connectivity index (χ4v) is 3.18. The number of aromatic nitrogens is 1. The molecule has 16 heavy (non-hydrogen) atoms. The molecule has 1 fully saturated rings. The van der Waals surface area contributed by atoms with Crippen molar-refractivity contribution in [3.05, 3.63) is 16.1 Å². The van der Waals surface area contributed by atoms with Gasteiger partial charge in [-0.2, -0.15) is 0 Å². The molecule has 1 aliphatic carbocycles. The van der Waals surface area contributed by atoms with Crippen LogP contribution in [-0.2, 0) is 12.8 Å². The molecule has 0 spiro atoms. The van der Waals surface area contributed by atoms with Crippen LogP contribution in [0.2, 0.25) is 0 Å². The van der Waals surface area contributed by atoms with Crippen LogP contribution in [0.5, 0.6) is 0 Å². The van der Waals surface area contributed by atoms with E-state index in [4.69, 9.17) is 0 Å². The van der Waals surface area contributed by atoms with Crippen LogP contribution in [-0.4, -0.2) is 17.6 Å². The Labute approximate surface area is 102 Å². The average molecular weight is 238 g/mol. The van der Waals surface area contributed by atoms with Gasteiger partial charge in [-0.15, -0.1) is 11.3 Å². The summed E-state index contributed by atoms with van der Waals surface area (Å²) in [6.07, 6.45) is 11.2. The summed E-state index contributed by atoms with van der Waals surface area (Å²) < 4.78 is 0. The van der Waals surface area contributed by atoms with Crippen molar-refractivity contribution in [1.82, 2.24) is 10.3 Å². The summed E-state index contributed by atoms with van der Waals surface area (Å²) in [7, 11) is 0. The standard InChI is InChI=1S/C13H22N2S/c1-2-12-10-15-13(16-12)8-9-14-11-6-4-3-5-7-11/h10-11,14H,2-9H2,1H3. The van der Waals surface area contributed by atoms with Gasteiger partial charge in [-0.25, -0.2) is 4.98 Å². The number of thiazole rings is 1. The largest absolute Gasteiger partial charge is 0.314 e. The molecule has 2 rings (SSSR count). The maximum atomic E-state index is 4.45. The molecule has 0 atom stereocenters. The minimum absolute atomic E-state index is 0.777. The zero-order valence-electron chi connectivity index (χ0n) is 10.2. The lowest BCUT2D eigenvalue weighted by Gasteiger charge is -2.22. The summed E-state index contributed by atoms with van der Waals surface area (Å²) >= 11 is 1.87. The van der Waals surface area contributed by atoms with Gasteiger partial charge in [0.25, 0.3) is 0 Å². The van der Waals surface area contributed by atoms with Crippen molar-refractivity contribution in [2.45, 2.75) is 57.9 Å². The lowest BCUT2D eigenvalue weighted by molar-refractivity contribution is 0.375. The summed E-state index contributed by atoms with van der Waals surface area (Å²) in [6, 6.07) is 0.777. The molecule has 0 aliphatic heterocycles. The zero-order valence-corrected chi connectivity index (χ0v) is 11.0. The van der Waals surface area contributed by atoms with Crippen LogP contribution in [0.15, 0.2) is 6.20 Å². The molecular formula is C13H22N2S. The van der Waals surface area contributed by atoms with E-state index >= 15 is 0 Å². The Hall–Kier alpha value is -0.410. The Morgan fingerprint density at radius 1 is 1.38 bits per heavy atom. The van der Waals surface area contributed by atoms with Crippen LogP contribution in [0.25, 0.3) is 0 Å². The van der Waals surface area contributed by atoms with Crippen molar-refractivity contribution in [3.8, 4) is 0 Å². The van der Waals surface area contributed by atoms with E-state index in [0.29, 0.717) is 0 Å². The van der Waals surface area contributed by atoms with E-state index in [-0.39, 0.29) is 0 Å². The summed E-state index contributed by atoms with van der Waals surface area (Å²) in [6.45, 7) is 3.29. The second-order valence-corrected chi connectivity index (χ2v) is 5.81. The van der Waals surface area contributed by atoms with Gasteiger partial charge in [-0.1, -0.05) is 26.2 Å². The molecule has 3 heteroatoms. The second kappa shape index (κ2) is 6.36. The fraction of sp³-hybridized carbons (Fsp3) is 0.769. The minimum Gasteiger partial charge on any atom is -0.314 e. The molecule has 0 bridgehead atoms. The van der Waals surface area contributed by atoms with Crippen LogP contribution >= 0.6 is 11.3 Å². The third-order valence-corrected chi connectivity index (χ3v) is 4.53. The van der Waals surface area contributed by atoms with Gasteiger partial charge in [-0.05, 0) is 19.3 Å². The van der Waals surface area contributed by atoms with Crippen LogP contribution in [0.3, 0.4) is 0 Å². The molecule has 90 valence electrons. The molecule has 0 amide bonds. The summed E-state index contributed by atoms with van der Waals surface area (Å²) in [5.41, 5.74) is 0. The number of aryl methyl sites for hydroxylation is 1. The van der Waals surface area contributed by atoms with Crippen LogP contribution in [0.4, 0.5) is 0 Å². The van der Waals surface area contributed by atoms with Gasteiger partial charge < -0.3 is 5.32 Å². The number of hydrogen-bond acceptors (Lipinski definition) is 3. The van der Waals surface area contributed by atoms with Crippen molar-refractivity contribution in [2.24, 2.45) is 0 Å². The van der Waals surface area contributed by atoms with Crippen molar-refractivity contribution in [1.29, 1.82) is 0 Å². The number of nitrogens with zero attached hydrogens (tertiary/aromatic N) is 1. The highest BCUT2D eigenvalue weighted by Crippen LogP contribution is 2.18. The SMILES string of the molecule is CCc1cnc(CCNC2CCCCC2)s1. The Morgan fingerprint density at radius 2 is 2.19 bits per heavy atom. The Morgan fingerprint density at radius 3 is 2.88 bits per heavy atom. The van der Waals surface area contributed by atoms with E-state index < -0.39 is 0 Å². The summed E-state index contributed by atoms with van der Waals surface area (Å²) in [4.78, 5) is 5.86. The zero-order chi connectivity index (χ0) is 11.2. The Balaban J connectivity index is 1.66. The molecule has 1 N–H and O–H groups in total. The molecular weight excluding hydrogens is 216 g/mol. The van der Waals surface area contributed by atoms with Crippen LogP contribution in [0.1, 0.15) is 48.9 Å². The predicted molar refractivity (Wildman–Crippen MR) is 70.1 cm³/mol. The van der Waals surface area contributed by atoms with E-state index in [1.54, 1.807) is 0 Å². The van der Waals surface area contributed by atoms with Crippen molar-refractivity contribution < 1.29 is 0 Å². The molecule has 1 aromatic rings. The Kier molecular flexibility index (Phi) is 4.79. The lowest BCUT2D eigenvalue weighted by Crippen LogP contribution is -2.32. The molecule has 1 saturated carbocycles. The topological polar surface area (TPSA) is 24.9 Å². The van der Waals surface area contributed by atoms with E-state index in [9.17, 15) is 0 Å². The van der Waals surface area contributed by atoms with Crippen molar-refractivity contribution in [3.63, 3.8) is 0 Å². The van der Waals surface area contributed by atoms with E-state index in [0.717, 1.165) is 25.4 Å². The van der Waals surface area contributed by atoms with Gasteiger partial charge in [0.05, 0.1) is 5.01 Å². The fourth-order valence-electron chi connectivity index (χ4n) is 2.32. The first-order valence-corrected chi connectivity index (χ1v) is 7.37. The molecule has 0 aromatic carbocycles. The van der Waals surface area contributed by atoms with E-state index in [1.807, 2.05) is 17.5 Å². The molecule has 2 nitrogen and oxygen atoms in total. The number of rotatable bonds is 5. The van der Waals surface area contributed by atoms with Crippen LogP contribution in [0, 0.1) is 0 Å². The summed E-state index contributed by atoms with van der Waals surface area (Å²) in [5, 5.41) is 4.96. The molecule has 1 aromatic heterocycles. The monoisotopic (exact) mass is 238 g/mol. The van der Waals surface area contributed by atoms with Gasteiger partial charge in [0, 0.05) is 30.1 Å². The molecule has 1 heterocycles. The molecule has 0 saturated heterocycles. The van der Waals surface area contributed by atoms with Crippen LogP contribution < -0.4 is 5.32 Å². The highest BCUT2D eigenvalue weighted by Gasteiger charge is 2.12. The predicted octanol–water partition coefficient (Wildman–Crippen LogP) is 3.17. The van der Waals surface area contributed by atoms with Crippen molar-refractivity contribution in [2.75, 3.05) is 6.54 Å². The van der Waals surface area contributed by atoms with E-state index in [1.165, 1.54) is 42.0 Å². The van der Waals surface area contributed by atoms with Crippen molar-refractivity contribution >= 4 is 11.3 Å². The highest BCUT2D eigenvalue weighted by atomic mass is 32.1. The first-order chi connectivity index (χ1) is 7.88. The molecule has 0 radical (unpaired) electrons. The van der Waals surface area contributed by atoms with Gasteiger partial charge >= 0.3 is 0 Å².